The molecule has 2 atom stereocenters. The van der Waals surface area contributed by atoms with E-state index >= 15 is 0 Å². The molecule has 0 aliphatic carbocycles. The van der Waals surface area contributed by atoms with E-state index < -0.39 is 0 Å². The van der Waals surface area contributed by atoms with Gasteiger partial charge in [-0.15, -0.1) is 0 Å². The largest absolute Gasteiger partial charge is 0.306 e. The van der Waals surface area contributed by atoms with Crippen molar-refractivity contribution in [1.82, 2.24) is 9.88 Å². The van der Waals surface area contributed by atoms with Gasteiger partial charge in [0.1, 0.15) is 0 Å². The van der Waals surface area contributed by atoms with E-state index in [-0.39, 0.29) is 0 Å². The molecule has 1 saturated heterocycles. The van der Waals surface area contributed by atoms with Gasteiger partial charge in [0.25, 0.3) is 0 Å². The molecular formula is C21H30N2. The van der Waals surface area contributed by atoms with Crippen LogP contribution in [0.5, 0.6) is 0 Å². The number of hydrogen-bond acceptors (Lipinski definition) is 2. The second-order valence-electron chi connectivity index (χ2n) is 7.68. The Morgan fingerprint density at radius 2 is 2.09 bits per heavy atom. The Morgan fingerprint density at radius 3 is 2.83 bits per heavy atom. The number of fused-ring (bicyclic) bond motifs is 1. The molecular weight excluding hydrogens is 280 g/mol. The lowest BCUT2D eigenvalue weighted by Crippen LogP contribution is -2.37. The lowest BCUT2D eigenvalue weighted by Gasteiger charge is -2.36. The fourth-order valence-electron chi connectivity index (χ4n) is 4.12. The third-order valence-electron chi connectivity index (χ3n) is 5.32. The predicted octanol–water partition coefficient (Wildman–Crippen LogP) is 4.88. The Balaban J connectivity index is 2.02. The standard InChI is InChI=1S/C21H30N2/c1-5-17-14-23(4)11-9-19(17)21-20-13-16(12-15(2)3)6-7-18(20)8-10-22-21/h6-8,10,13,15,17,19H,5,9,11-12,14H2,1-4H3/t17-,19-/m1/s1. The Morgan fingerprint density at radius 1 is 1.26 bits per heavy atom. The maximum Gasteiger partial charge on any atom is 0.0516 e. The SMILES string of the molecule is CC[C@@H]1CN(C)CC[C@H]1c1nccc2ccc(CC(C)C)cc12. The lowest BCUT2D eigenvalue weighted by molar-refractivity contribution is 0.178. The zero-order valence-corrected chi connectivity index (χ0v) is 15.0. The van der Waals surface area contributed by atoms with E-state index in [1.54, 1.807) is 0 Å². The average molecular weight is 310 g/mol. The highest BCUT2D eigenvalue weighted by molar-refractivity contribution is 5.85. The number of benzene rings is 1. The monoisotopic (exact) mass is 310 g/mol. The molecule has 0 unspecified atom stereocenters. The maximum absolute atomic E-state index is 4.86. The van der Waals surface area contributed by atoms with Gasteiger partial charge in [-0.1, -0.05) is 39.3 Å². The Kier molecular flexibility index (Phi) is 5.01. The van der Waals surface area contributed by atoms with Gasteiger partial charge in [-0.25, -0.2) is 0 Å². The summed E-state index contributed by atoms with van der Waals surface area (Å²) in [7, 11) is 2.25. The highest BCUT2D eigenvalue weighted by Crippen LogP contribution is 2.37. The number of pyridine rings is 1. The van der Waals surface area contributed by atoms with Gasteiger partial charge in [0.05, 0.1) is 5.69 Å². The van der Waals surface area contributed by atoms with Gasteiger partial charge in [0, 0.05) is 24.0 Å². The molecule has 1 aromatic heterocycles. The van der Waals surface area contributed by atoms with Gasteiger partial charge in [0.2, 0.25) is 0 Å². The molecule has 2 heterocycles. The minimum Gasteiger partial charge on any atom is -0.306 e. The van der Waals surface area contributed by atoms with Crippen LogP contribution < -0.4 is 0 Å². The summed E-state index contributed by atoms with van der Waals surface area (Å²) in [5.74, 6) is 2.02. The van der Waals surface area contributed by atoms with Crippen molar-refractivity contribution >= 4 is 10.8 Å². The quantitative estimate of drug-likeness (QED) is 0.800. The number of piperidine rings is 1. The molecule has 2 aromatic rings. The van der Waals surface area contributed by atoms with Crippen LogP contribution in [0.3, 0.4) is 0 Å². The summed E-state index contributed by atoms with van der Waals surface area (Å²) < 4.78 is 0. The van der Waals surface area contributed by atoms with Crippen molar-refractivity contribution in [2.45, 2.75) is 46.0 Å². The Hall–Kier alpha value is -1.41. The summed E-state index contributed by atoms with van der Waals surface area (Å²) in [6.45, 7) is 9.29. The molecule has 1 aromatic carbocycles. The van der Waals surface area contributed by atoms with E-state index in [0.717, 1.165) is 12.3 Å². The number of hydrogen-bond donors (Lipinski definition) is 0. The zero-order valence-electron chi connectivity index (χ0n) is 15.0. The van der Waals surface area contributed by atoms with Crippen LogP contribution in [0.15, 0.2) is 30.5 Å². The smallest absolute Gasteiger partial charge is 0.0516 e. The van der Waals surface area contributed by atoms with Crippen LogP contribution >= 0.6 is 0 Å². The van der Waals surface area contributed by atoms with E-state index in [2.05, 4.69) is 57.0 Å². The first-order valence-electron chi connectivity index (χ1n) is 9.14. The first-order chi connectivity index (χ1) is 11.1. The Labute approximate surface area is 140 Å². The first kappa shape index (κ1) is 16.4. The van der Waals surface area contributed by atoms with Crippen molar-refractivity contribution in [2.75, 3.05) is 20.1 Å². The highest BCUT2D eigenvalue weighted by atomic mass is 15.1. The van der Waals surface area contributed by atoms with Crippen molar-refractivity contribution in [2.24, 2.45) is 11.8 Å². The fraction of sp³-hybridized carbons (Fsp3) is 0.571. The summed E-state index contributed by atoms with van der Waals surface area (Å²) in [6, 6.07) is 9.14. The molecule has 124 valence electrons. The zero-order chi connectivity index (χ0) is 16.4. The minimum atomic E-state index is 0.606. The second-order valence-corrected chi connectivity index (χ2v) is 7.68. The van der Waals surface area contributed by atoms with Crippen LogP contribution in [0.25, 0.3) is 10.8 Å². The molecule has 0 N–H and O–H groups in total. The van der Waals surface area contributed by atoms with Crippen LogP contribution in [-0.4, -0.2) is 30.0 Å². The molecule has 0 amide bonds. The van der Waals surface area contributed by atoms with E-state index in [0.29, 0.717) is 11.8 Å². The van der Waals surface area contributed by atoms with Crippen LogP contribution in [0.4, 0.5) is 0 Å². The molecule has 23 heavy (non-hydrogen) atoms. The van der Waals surface area contributed by atoms with Gasteiger partial charge in [-0.3, -0.25) is 4.98 Å². The number of rotatable bonds is 4. The Bertz CT molecular complexity index is 662. The molecule has 2 nitrogen and oxygen atoms in total. The van der Waals surface area contributed by atoms with Gasteiger partial charge >= 0.3 is 0 Å². The molecule has 0 saturated carbocycles. The third kappa shape index (κ3) is 3.58. The van der Waals surface area contributed by atoms with Crippen molar-refractivity contribution in [1.29, 1.82) is 0 Å². The molecule has 3 rings (SSSR count). The van der Waals surface area contributed by atoms with Gasteiger partial charge in [-0.05, 0) is 61.4 Å². The van der Waals surface area contributed by atoms with Crippen LogP contribution in [0.1, 0.15) is 50.8 Å². The lowest BCUT2D eigenvalue weighted by atomic mass is 9.80. The van der Waals surface area contributed by atoms with Crippen LogP contribution in [-0.2, 0) is 6.42 Å². The van der Waals surface area contributed by atoms with Crippen molar-refractivity contribution in [3.05, 3.63) is 41.7 Å². The fourth-order valence-corrected chi connectivity index (χ4v) is 4.12. The summed E-state index contributed by atoms with van der Waals surface area (Å²) in [5.41, 5.74) is 2.79. The molecule has 2 heteroatoms. The third-order valence-corrected chi connectivity index (χ3v) is 5.32. The minimum absolute atomic E-state index is 0.606. The molecule has 1 aliphatic heterocycles. The second kappa shape index (κ2) is 7.00. The van der Waals surface area contributed by atoms with E-state index in [1.807, 2.05) is 6.20 Å². The van der Waals surface area contributed by atoms with Gasteiger partial charge in [0.15, 0.2) is 0 Å². The molecule has 0 spiro atoms. The van der Waals surface area contributed by atoms with Crippen molar-refractivity contribution in [3.8, 4) is 0 Å². The predicted molar refractivity (Wildman–Crippen MR) is 98.9 cm³/mol. The van der Waals surface area contributed by atoms with Crippen LogP contribution in [0.2, 0.25) is 0 Å². The number of likely N-dealkylation sites (tertiary alicyclic amines) is 1. The van der Waals surface area contributed by atoms with E-state index in [4.69, 9.17) is 4.98 Å². The molecule has 1 aliphatic rings. The topological polar surface area (TPSA) is 16.1 Å². The summed E-state index contributed by atoms with van der Waals surface area (Å²) in [6.07, 6.45) is 5.62. The van der Waals surface area contributed by atoms with E-state index in [1.165, 1.54) is 48.0 Å². The summed E-state index contributed by atoms with van der Waals surface area (Å²) in [5, 5.41) is 2.73. The number of nitrogens with zero attached hydrogens (tertiary/aromatic N) is 2. The van der Waals surface area contributed by atoms with E-state index in [9.17, 15) is 0 Å². The molecule has 0 radical (unpaired) electrons. The average Bonchev–Trinajstić information content (AvgIpc) is 2.53. The van der Waals surface area contributed by atoms with Crippen molar-refractivity contribution < 1.29 is 0 Å². The molecule has 0 bridgehead atoms. The maximum atomic E-state index is 4.86. The normalized spacial score (nSPS) is 22.8. The van der Waals surface area contributed by atoms with Crippen molar-refractivity contribution in [3.63, 3.8) is 0 Å². The van der Waals surface area contributed by atoms with Gasteiger partial charge < -0.3 is 4.90 Å². The van der Waals surface area contributed by atoms with Crippen LogP contribution in [0, 0.1) is 11.8 Å². The summed E-state index contributed by atoms with van der Waals surface area (Å²) >= 11 is 0. The highest BCUT2D eigenvalue weighted by Gasteiger charge is 2.29. The number of aromatic nitrogens is 1. The molecule has 1 fully saturated rings. The first-order valence-corrected chi connectivity index (χ1v) is 9.14. The van der Waals surface area contributed by atoms with Gasteiger partial charge in [-0.2, -0.15) is 0 Å². The summed E-state index contributed by atoms with van der Waals surface area (Å²) in [4.78, 5) is 7.33.